The molecule has 4 N–H and O–H groups in total. The molecule has 2 rings (SSSR count). The summed E-state index contributed by atoms with van der Waals surface area (Å²) >= 11 is 6.00. The van der Waals surface area contributed by atoms with Crippen molar-refractivity contribution in [3.05, 3.63) is 58.9 Å². The Hall–Kier alpha value is -3.13. The number of hydrogen-bond donors (Lipinski definition) is 3. The predicted octanol–water partition coefficient (Wildman–Crippen LogP) is 4.35. The Morgan fingerprint density at radius 3 is 2.24 bits per heavy atom. The van der Waals surface area contributed by atoms with E-state index in [2.05, 4.69) is 10.6 Å². The molecule has 1 unspecified atom stereocenters. The van der Waals surface area contributed by atoms with Gasteiger partial charge in [-0.1, -0.05) is 35.9 Å². The van der Waals surface area contributed by atoms with Gasteiger partial charge in [0.25, 0.3) is 0 Å². The molecule has 0 bridgehead atoms. The predicted molar refractivity (Wildman–Crippen MR) is 130 cm³/mol. The number of carbonyl (C=O) groups is 3. The van der Waals surface area contributed by atoms with Crippen LogP contribution in [0.25, 0.3) is 11.1 Å². The lowest BCUT2D eigenvalue weighted by Gasteiger charge is -2.32. The van der Waals surface area contributed by atoms with Crippen molar-refractivity contribution >= 4 is 29.5 Å². The Balaban J connectivity index is 2.29. The number of hydrogen-bond acceptors (Lipinski definition) is 4. The van der Waals surface area contributed by atoms with E-state index < -0.39 is 40.9 Å². The fourth-order valence-corrected chi connectivity index (χ4v) is 3.74. The van der Waals surface area contributed by atoms with Crippen LogP contribution in [0, 0.1) is 5.82 Å². The molecule has 9 heteroatoms. The molecule has 0 aromatic heterocycles. The molecular formula is C25H31ClFN3O4. The molecule has 34 heavy (non-hydrogen) atoms. The van der Waals surface area contributed by atoms with E-state index in [1.54, 1.807) is 51.1 Å². The lowest BCUT2D eigenvalue weighted by atomic mass is 9.88. The number of halogens is 2. The summed E-state index contributed by atoms with van der Waals surface area (Å²) in [5.41, 5.74) is 5.26. The van der Waals surface area contributed by atoms with Crippen LogP contribution in [0.3, 0.4) is 0 Å². The number of ether oxygens (including phenoxy) is 1. The Kier molecular flexibility index (Phi) is 8.66. The first-order valence-electron chi connectivity index (χ1n) is 10.8. The van der Waals surface area contributed by atoms with Crippen molar-refractivity contribution in [2.45, 2.75) is 64.6 Å². The molecular weight excluding hydrogens is 461 g/mol. The summed E-state index contributed by atoms with van der Waals surface area (Å²) in [6.07, 6.45) is -0.323. The van der Waals surface area contributed by atoms with Crippen molar-refractivity contribution < 1.29 is 23.5 Å². The third kappa shape index (κ3) is 8.02. The Labute approximate surface area is 204 Å². The molecule has 2 aromatic rings. The average molecular weight is 492 g/mol. The highest BCUT2D eigenvalue weighted by molar-refractivity contribution is 6.30. The van der Waals surface area contributed by atoms with Crippen LogP contribution in [-0.4, -0.2) is 35.1 Å². The van der Waals surface area contributed by atoms with Gasteiger partial charge in [0.1, 0.15) is 17.0 Å². The van der Waals surface area contributed by atoms with E-state index in [4.69, 9.17) is 22.1 Å². The van der Waals surface area contributed by atoms with Crippen LogP contribution in [0.1, 0.15) is 46.6 Å². The first-order valence-corrected chi connectivity index (χ1v) is 11.2. The van der Waals surface area contributed by atoms with Crippen molar-refractivity contribution in [2.24, 2.45) is 5.73 Å². The van der Waals surface area contributed by atoms with Crippen molar-refractivity contribution in [3.8, 4) is 11.1 Å². The smallest absolute Gasteiger partial charge is 0.407 e. The highest BCUT2D eigenvalue weighted by atomic mass is 35.5. The number of benzene rings is 2. The van der Waals surface area contributed by atoms with E-state index in [0.717, 1.165) is 5.56 Å². The first-order chi connectivity index (χ1) is 15.7. The average Bonchev–Trinajstić information content (AvgIpc) is 2.68. The van der Waals surface area contributed by atoms with Crippen LogP contribution in [-0.2, 0) is 20.7 Å². The molecule has 0 aliphatic carbocycles. The van der Waals surface area contributed by atoms with Gasteiger partial charge < -0.3 is 21.1 Å². The normalized spacial score (nSPS) is 14.0. The summed E-state index contributed by atoms with van der Waals surface area (Å²) in [6, 6.07) is 10.8. The number of nitrogens with two attached hydrogens (primary N) is 1. The second-order valence-corrected chi connectivity index (χ2v) is 9.89. The molecule has 2 atom stereocenters. The maximum Gasteiger partial charge on any atom is 0.407 e. The van der Waals surface area contributed by atoms with Crippen LogP contribution in [0.15, 0.2) is 42.5 Å². The molecule has 0 aliphatic rings. The number of primary amides is 1. The van der Waals surface area contributed by atoms with Gasteiger partial charge in [-0.3, -0.25) is 9.59 Å². The standard InChI is InChI=1S/C25H31ClFN3O4/c1-15(31)30-25(5,22(28)32)14-19(29-23(33)34-24(2,3)4)12-16-6-8-17(9-7-16)20-13-18(26)10-11-21(20)27/h6-11,13,19H,12,14H2,1-5H3,(H2,28,32)(H,29,33)(H,30,31)/t19-,25?/m1/s1. The second-order valence-electron chi connectivity index (χ2n) is 9.45. The molecule has 0 spiro atoms. The Morgan fingerprint density at radius 1 is 1.09 bits per heavy atom. The summed E-state index contributed by atoms with van der Waals surface area (Å²) in [5, 5.41) is 5.77. The minimum absolute atomic E-state index is 0.0336. The van der Waals surface area contributed by atoms with Crippen LogP contribution in [0.5, 0.6) is 0 Å². The van der Waals surface area contributed by atoms with Gasteiger partial charge in [-0.2, -0.15) is 0 Å². The molecule has 7 nitrogen and oxygen atoms in total. The lowest BCUT2D eigenvalue weighted by Crippen LogP contribution is -2.58. The van der Waals surface area contributed by atoms with Crippen LogP contribution in [0.4, 0.5) is 9.18 Å². The number of carbonyl (C=O) groups excluding carboxylic acids is 3. The summed E-state index contributed by atoms with van der Waals surface area (Å²) < 4.78 is 19.6. The zero-order valence-corrected chi connectivity index (χ0v) is 20.8. The largest absolute Gasteiger partial charge is 0.444 e. The first kappa shape index (κ1) is 27.1. The van der Waals surface area contributed by atoms with Gasteiger partial charge in [0.2, 0.25) is 11.8 Å². The quantitative estimate of drug-likeness (QED) is 0.509. The molecule has 0 heterocycles. The Morgan fingerprint density at radius 2 is 1.71 bits per heavy atom. The zero-order chi connectivity index (χ0) is 25.7. The summed E-state index contributed by atoms with van der Waals surface area (Å²) in [4.78, 5) is 36.3. The highest BCUT2D eigenvalue weighted by Crippen LogP contribution is 2.27. The van der Waals surface area contributed by atoms with Gasteiger partial charge >= 0.3 is 6.09 Å². The molecule has 0 saturated carbocycles. The van der Waals surface area contributed by atoms with E-state index in [0.29, 0.717) is 22.6 Å². The van der Waals surface area contributed by atoms with Gasteiger partial charge in [-0.05, 0) is 69.9 Å². The van der Waals surface area contributed by atoms with E-state index >= 15 is 0 Å². The van der Waals surface area contributed by atoms with E-state index in [9.17, 15) is 18.8 Å². The lowest BCUT2D eigenvalue weighted by molar-refractivity contribution is -0.130. The van der Waals surface area contributed by atoms with Gasteiger partial charge in [-0.15, -0.1) is 0 Å². The van der Waals surface area contributed by atoms with Gasteiger partial charge in [0.15, 0.2) is 0 Å². The number of nitrogens with one attached hydrogen (secondary N) is 2. The van der Waals surface area contributed by atoms with Crippen LogP contribution in [0.2, 0.25) is 5.02 Å². The molecule has 0 aliphatic heterocycles. The van der Waals surface area contributed by atoms with Crippen LogP contribution >= 0.6 is 11.6 Å². The summed E-state index contributed by atoms with van der Waals surface area (Å²) in [6.45, 7) is 8.00. The van der Waals surface area contributed by atoms with Crippen molar-refractivity contribution in [2.75, 3.05) is 0 Å². The summed E-state index contributed by atoms with van der Waals surface area (Å²) in [7, 11) is 0. The third-order valence-corrected chi connectivity index (χ3v) is 5.28. The molecule has 3 amide bonds. The Bertz CT molecular complexity index is 1050. The van der Waals surface area contributed by atoms with Crippen molar-refractivity contribution in [1.29, 1.82) is 0 Å². The van der Waals surface area contributed by atoms with Crippen molar-refractivity contribution in [3.63, 3.8) is 0 Å². The van der Waals surface area contributed by atoms with Crippen LogP contribution < -0.4 is 16.4 Å². The van der Waals surface area contributed by atoms with Gasteiger partial charge in [0.05, 0.1) is 0 Å². The summed E-state index contributed by atoms with van der Waals surface area (Å²) in [5.74, 6) is -1.55. The number of amides is 3. The van der Waals surface area contributed by atoms with E-state index in [1.165, 1.54) is 26.0 Å². The maximum absolute atomic E-state index is 14.2. The minimum atomic E-state index is -1.39. The fraction of sp³-hybridized carbons (Fsp3) is 0.400. The molecule has 0 radical (unpaired) electrons. The molecule has 0 fully saturated rings. The fourth-order valence-electron chi connectivity index (χ4n) is 3.57. The molecule has 184 valence electrons. The topological polar surface area (TPSA) is 111 Å². The highest BCUT2D eigenvalue weighted by Gasteiger charge is 2.36. The molecule has 2 aromatic carbocycles. The van der Waals surface area contributed by atoms with E-state index in [-0.39, 0.29) is 6.42 Å². The van der Waals surface area contributed by atoms with Crippen molar-refractivity contribution in [1.82, 2.24) is 10.6 Å². The second kappa shape index (κ2) is 10.9. The van der Waals surface area contributed by atoms with Gasteiger partial charge in [-0.25, -0.2) is 9.18 Å². The minimum Gasteiger partial charge on any atom is -0.444 e. The monoisotopic (exact) mass is 491 g/mol. The maximum atomic E-state index is 14.2. The molecule has 0 saturated heterocycles. The zero-order valence-electron chi connectivity index (χ0n) is 20.0. The number of alkyl carbamates (subject to hydrolysis) is 1. The van der Waals surface area contributed by atoms with Gasteiger partial charge in [0, 0.05) is 23.6 Å². The SMILES string of the molecule is CC(=O)NC(C)(C[C@@H](Cc1ccc(-c2cc(Cl)ccc2F)cc1)NC(=O)OC(C)(C)C)C(N)=O. The van der Waals surface area contributed by atoms with E-state index in [1.807, 2.05) is 0 Å². The third-order valence-electron chi connectivity index (χ3n) is 5.05. The number of rotatable bonds is 8.